The molecule has 1 aromatic heterocycles. The van der Waals surface area contributed by atoms with Crippen LogP contribution >= 0.6 is 0 Å². The van der Waals surface area contributed by atoms with Crippen LogP contribution < -0.4 is 0 Å². The van der Waals surface area contributed by atoms with Crippen LogP contribution in [0.5, 0.6) is 0 Å². The molecule has 0 unspecified atom stereocenters. The molecule has 0 amide bonds. The van der Waals surface area contributed by atoms with Crippen LogP contribution in [0.25, 0.3) is 11.0 Å². The third-order valence-electron chi connectivity index (χ3n) is 11.6. The van der Waals surface area contributed by atoms with Gasteiger partial charge in [0.05, 0.1) is 5.60 Å². The van der Waals surface area contributed by atoms with Crippen molar-refractivity contribution in [3.05, 3.63) is 23.8 Å². The number of halogens is 2. The maximum atomic E-state index is 14.2. The summed E-state index contributed by atoms with van der Waals surface area (Å²) in [5, 5.41) is 19.3. The normalized spacial score (nSPS) is 40.5. The van der Waals surface area contributed by atoms with Crippen molar-refractivity contribution in [3.8, 4) is 0 Å². The van der Waals surface area contributed by atoms with Gasteiger partial charge in [0.15, 0.2) is 22.9 Å². The number of benzene rings is 1. The molecule has 6 rings (SSSR count). The minimum absolute atomic E-state index is 0.00819. The molecule has 0 aliphatic heterocycles. The number of ether oxygens (including phenoxy) is 1. The number of hydrogen-bond acceptors (Lipinski definition) is 5. The monoisotopic (exact) mass is 529 g/mol. The van der Waals surface area contributed by atoms with Crippen molar-refractivity contribution in [2.75, 3.05) is 13.7 Å². The first-order valence-electron chi connectivity index (χ1n) is 14.5. The van der Waals surface area contributed by atoms with Gasteiger partial charge < -0.3 is 9.84 Å². The highest BCUT2D eigenvalue weighted by Gasteiger charge is 2.62. The molecule has 1 heterocycles. The van der Waals surface area contributed by atoms with Gasteiger partial charge in [-0.2, -0.15) is 9.90 Å². The number of Topliss-reactive ketones (excluding diaryl/α,β-unsaturated/α-hetero) is 1. The van der Waals surface area contributed by atoms with E-state index >= 15 is 0 Å². The largest absolute Gasteiger partial charge is 0.390 e. The van der Waals surface area contributed by atoms with Crippen molar-refractivity contribution < 1.29 is 23.4 Å². The Morgan fingerprint density at radius 3 is 2.68 bits per heavy atom. The Labute approximate surface area is 223 Å². The van der Waals surface area contributed by atoms with E-state index in [1.807, 2.05) is 6.92 Å². The maximum absolute atomic E-state index is 14.2. The predicted molar refractivity (Wildman–Crippen MR) is 139 cm³/mol. The number of methoxy groups -OCH3 is 1. The first-order chi connectivity index (χ1) is 18.1. The highest BCUT2D eigenvalue weighted by Crippen LogP contribution is 2.69. The number of hydrogen-bond donors (Lipinski definition) is 1. The first kappa shape index (κ1) is 26.3. The molecule has 0 spiro atoms. The van der Waals surface area contributed by atoms with E-state index in [1.54, 1.807) is 7.11 Å². The van der Waals surface area contributed by atoms with Gasteiger partial charge in [-0.25, -0.2) is 8.78 Å². The van der Waals surface area contributed by atoms with Gasteiger partial charge in [0.1, 0.15) is 12.1 Å². The number of aliphatic hydroxyl groups is 1. The average molecular weight is 530 g/mol. The Balaban J connectivity index is 1.22. The number of nitrogens with zero attached hydrogens (tertiary/aromatic N) is 3. The molecule has 4 fully saturated rings. The summed E-state index contributed by atoms with van der Waals surface area (Å²) in [6.45, 7) is 5.09. The molecule has 8 atom stereocenters. The van der Waals surface area contributed by atoms with E-state index in [-0.39, 0.29) is 40.1 Å². The van der Waals surface area contributed by atoms with E-state index < -0.39 is 17.2 Å². The van der Waals surface area contributed by atoms with Gasteiger partial charge in [-0.05, 0) is 118 Å². The molecule has 2 aromatic rings. The molecule has 0 saturated heterocycles. The van der Waals surface area contributed by atoms with Crippen LogP contribution in [-0.4, -0.2) is 45.2 Å². The lowest BCUT2D eigenvalue weighted by Crippen LogP contribution is -2.57. The summed E-state index contributed by atoms with van der Waals surface area (Å²) in [6.07, 6.45) is 10.3. The third kappa shape index (κ3) is 4.04. The fourth-order valence-corrected chi connectivity index (χ4v) is 9.84. The van der Waals surface area contributed by atoms with Crippen LogP contribution in [0.15, 0.2) is 12.1 Å². The molecule has 1 aromatic carbocycles. The Hall–Kier alpha value is -1.93. The van der Waals surface area contributed by atoms with Crippen molar-refractivity contribution in [2.24, 2.45) is 40.4 Å². The number of carbonyl (C=O) groups excluding carboxylic acids is 1. The fourth-order valence-electron chi connectivity index (χ4n) is 9.84. The summed E-state index contributed by atoms with van der Waals surface area (Å²) in [4.78, 5) is 14.9. The van der Waals surface area contributed by atoms with E-state index in [0.717, 1.165) is 70.5 Å². The van der Waals surface area contributed by atoms with Gasteiger partial charge in [0.25, 0.3) is 0 Å². The molecule has 38 heavy (non-hydrogen) atoms. The van der Waals surface area contributed by atoms with E-state index in [2.05, 4.69) is 17.1 Å². The lowest BCUT2D eigenvalue weighted by atomic mass is 9.42. The maximum Gasteiger partial charge on any atom is 0.188 e. The molecule has 0 bridgehead atoms. The molecule has 208 valence electrons. The van der Waals surface area contributed by atoms with Crippen molar-refractivity contribution in [2.45, 2.75) is 90.2 Å². The molecule has 4 saturated carbocycles. The van der Waals surface area contributed by atoms with Gasteiger partial charge in [-0.15, -0.1) is 5.10 Å². The van der Waals surface area contributed by atoms with Crippen molar-refractivity contribution in [3.63, 3.8) is 0 Å². The van der Waals surface area contributed by atoms with Gasteiger partial charge in [-0.3, -0.25) is 4.79 Å². The molecule has 0 radical (unpaired) electrons. The Bertz CT molecular complexity index is 1230. The molecular weight excluding hydrogens is 488 g/mol. The molecule has 4 aliphatic rings. The minimum atomic E-state index is -1.02. The molecule has 8 heteroatoms. The fraction of sp³-hybridized carbons (Fsp3) is 0.767. The zero-order chi connectivity index (χ0) is 26.9. The van der Waals surface area contributed by atoms with E-state index in [1.165, 1.54) is 17.3 Å². The van der Waals surface area contributed by atoms with Gasteiger partial charge in [0, 0.05) is 19.6 Å². The van der Waals surface area contributed by atoms with Crippen molar-refractivity contribution in [1.82, 2.24) is 15.0 Å². The van der Waals surface area contributed by atoms with Crippen molar-refractivity contribution in [1.29, 1.82) is 0 Å². The van der Waals surface area contributed by atoms with Crippen LogP contribution in [0.4, 0.5) is 8.78 Å². The van der Waals surface area contributed by atoms with Crippen LogP contribution in [0.1, 0.15) is 78.1 Å². The summed E-state index contributed by atoms with van der Waals surface area (Å²) < 4.78 is 33.4. The second-order valence-electron chi connectivity index (χ2n) is 13.4. The quantitative estimate of drug-likeness (QED) is 0.519. The summed E-state index contributed by atoms with van der Waals surface area (Å²) in [7, 11) is 1.79. The van der Waals surface area contributed by atoms with Crippen LogP contribution in [0.3, 0.4) is 0 Å². The minimum Gasteiger partial charge on any atom is -0.390 e. The number of carbonyl (C=O) groups is 1. The number of rotatable bonds is 6. The summed E-state index contributed by atoms with van der Waals surface area (Å²) in [5.74, 6) is 0.328. The van der Waals surface area contributed by atoms with Crippen LogP contribution in [0.2, 0.25) is 0 Å². The third-order valence-corrected chi connectivity index (χ3v) is 11.6. The number of ketones is 1. The van der Waals surface area contributed by atoms with E-state index in [9.17, 15) is 18.7 Å². The second-order valence-corrected chi connectivity index (χ2v) is 13.4. The second kappa shape index (κ2) is 9.33. The van der Waals surface area contributed by atoms with Gasteiger partial charge in [0.2, 0.25) is 0 Å². The van der Waals surface area contributed by atoms with Crippen LogP contribution in [-0.2, 0) is 16.1 Å². The topological polar surface area (TPSA) is 77.2 Å². The standard InChI is InChI=1S/C30H41F2N3O3/c1-28(37)12-13-30(14-15-38-3)18(16-28)4-5-19-20-6-7-22(29(20,2)11-10-21(19)30)25(36)17-35-33-24-9-8-23(31)26(32)27(24)34-35/h8-9,18-22,37H,4-7,10-17H2,1-3H3/t18-,19-,20-,21-,22+,28+,29-,30+/m0/s1. The van der Waals surface area contributed by atoms with Gasteiger partial charge >= 0.3 is 0 Å². The Kier molecular flexibility index (Phi) is 6.45. The number of fused-ring (bicyclic) bond motifs is 6. The highest BCUT2D eigenvalue weighted by molar-refractivity contribution is 5.82. The zero-order valence-corrected chi connectivity index (χ0v) is 22.9. The molecule has 6 nitrogen and oxygen atoms in total. The van der Waals surface area contributed by atoms with E-state index in [4.69, 9.17) is 4.74 Å². The lowest BCUT2D eigenvalue weighted by molar-refractivity contribution is -0.163. The highest BCUT2D eigenvalue weighted by atomic mass is 19.2. The first-order valence-corrected chi connectivity index (χ1v) is 14.5. The Morgan fingerprint density at radius 1 is 1.08 bits per heavy atom. The smallest absolute Gasteiger partial charge is 0.188 e. The zero-order valence-electron chi connectivity index (χ0n) is 22.9. The number of aromatic nitrogens is 3. The average Bonchev–Trinajstić information content (AvgIpc) is 3.45. The molecule has 1 N–H and O–H groups in total. The van der Waals surface area contributed by atoms with E-state index in [0.29, 0.717) is 23.7 Å². The van der Waals surface area contributed by atoms with Crippen molar-refractivity contribution >= 4 is 16.8 Å². The Morgan fingerprint density at radius 2 is 1.89 bits per heavy atom. The van der Waals surface area contributed by atoms with Gasteiger partial charge in [-0.1, -0.05) is 6.92 Å². The molecule has 4 aliphatic carbocycles. The van der Waals surface area contributed by atoms with Crippen LogP contribution in [0, 0.1) is 52.1 Å². The summed E-state index contributed by atoms with van der Waals surface area (Å²) in [6, 6.07) is 2.44. The predicted octanol–water partition coefficient (Wildman–Crippen LogP) is 5.71. The molecular formula is C30H41F2N3O3. The summed E-state index contributed by atoms with van der Waals surface area (Å²) in [5.41, 5.74) is -0.265. The summed E-state index contributed by atoms with van der Waals surface area (Å²) >= 11 is 0. The SMILES string of the molecule is COCC[C@]12CC[C@@](C)(O)C[C@@H]1CC[C@H]1[C@@H]3CC[C@H](C(=O)Cn4nc5ccc(F)c(F)c5n4)[C@@]3(C)CC[C@@H]12. The lowest BCUT2D eigenvalue weighted by Gasteiger charge is -2.63.